The summed E-state index contributed by atoms with van der Waals surface area (Å²) >= 11 is 0. The molecule has 0 aromatic heterocycles. The van der Waals surface area contributed by atoms with E-state index in [1.54, 1.807) is 12.1 Å². The van der Waals surface area contributed by atoms with Gasteiger partial charge in [0, 0.05) is 23.0 Å². The van der Waals surface area contributed by atoms with Gasteiger partial charge >= 0.3 is 0 Å². The van der Waals surface area contributed by atoms with E-state index in [0.717, 1.165) is 23.4 Å². The minimum Gasteiger partial charge on any atom is -0.376 e. The molecule has 0 aliphatic carbocycles. The van der Waals surface area contributed by atoms with Gasteiger partial charge < -0.3 is 16.0 Å². The van der Waals surface area contributed by atoms with E-state index in [-0.39, 0.29) is 24.4 Å². The molecular weight excluding hydrogens is 314 g/mol. The lowest BCUT2D eigenvalue weighted by Crippen LogP contribution is -2.36. The first-order valence-electron chi connectivity index (χ1n) is 8.50. The highest BCUT2D eigenvalue weighted by molar-refractivity contribution is 6.05. The van der Waals surface area contributed by atoms with Crippen molar-refractivity contribution < 1.29 is 9.59 Å². The van der Waals surface area contributed by atoms with Gasteiger partial charge in [-0.3, -0.25) is 9.59 Å². The van der Waals surface area contributed by atoms with Crippen LogP contribution in [0.15, 0.2) is 48.5 Å². The molecule has 25 heavy (non-hydrogen) atoms. The Hall–Kier alpha value is -2.82. The van der Waals surface area contributed by atoms with Crippen molar-refractivity contribution in [2.45, 2.75) is 33.2 Å². The number of carbonyl (C=O) groups excluding carboxylic acids is 2. The second kappa shape index (κ2) is 8.87. The lowest BCUT2D eigenvalue weighted by atomic mass is 10.1. The van der Waals surface area contributed by atoms with Crippen molar-refractivity contribution in [3.63, 3.8) is 0 Å². The van der Waals surface area contributed by atoms with Crippen LogP contribution >= 0.6 is 0 Å². The summed E-state index contributed by atoms with van der Waals surface area (Å²) in [7, 11) is 0. The third-order valence-corrected chi connectivity index (χ3v) is 3.99. The van der Waals surface area contributed by atoms with Crippen LogP contribution in [0.2, 0.25) is 0 Å². The number of carbonyl (C=O) groups is 2. The number of hydrogen-bond acceptors (Lipinski definition) is 3. The second-order valence-electron chi connectivity index (χ2n) is 6.08. The quantitative estimate of drug-likeness (QED) is 0.722. The zero-order valence-corrected chi connectivity index (χ0v) is 14.9. The third kappa shape index (κ3) is 5.64. The Morgan fingerprint density at radius 1 is 1.08 bits per heavy atom. The summed E-state index contributed by atoms with van der Waals surface area (Å²) in [6.45, 7) is 6.11. The monoisotopic (exact) mass is 339 g/mol. The standard InChI is InChI=1S/C20H25N3O2/c1-4-15(3)22-19(24)13-21-18-12-16(11-10-14(18)2)20(25)23-17-8-6-5-7-9-17/h5-12,15,21H,4,13H2,1-3H3,(H,22,24)(H,23,25)/t15-/m1/s1. The van der Waals surface area contributed by atoms with Crippen LogP contribution < -0.4 is 16.0 Å². The molecule has 0 saturated carbocycles. The van der Waals surface area contributed by atoms with Crippen LogP contribution in [0, 0.1) is 6.92 Å². The van der Waals surface area contributed by atoms with Gasteiger partial charge in [0.2, 0.25) is 5.91 Å². The molecule has 0 spiro atoms. The average Bonchev–Trinajstić information content (AvgIpc) is 2.61. The zero-order chi connectivity index (χ0) is 18.2. The van der Waals surface area contributed by atoms with E-state index in [4.69, 9.17) is 0 Å². The minimum absolute atomic E-state index is 0.0621. The highest BCUT2D eigenvalue weighted by Gasteiger charge is 2.10. The van der Waals surface area contributed by atoms with Crippen molar-refractivity contribution >= 4 is 23.2 Å². The number of aryl methyl sites for hydroxylation is 1. The van der Waals surface area contributed by atoms with Gasteiger partial charge in [-0.2, -0.15) is 0 Å². The van der Waals surface area contributed by atoms with Gasteiger partial charge in [-0.05, 0) is 50.1 Å². The van der Waals surface area contributed by atoms with Crippen LogP contribution in [0.5, 0.6) is 0 Å². The average molecular weight is 339 g/mol. The molecule has 5 heteroatoms. The second-order valence-corrected chi connectivity index (χ2v) is 6.08. The maximum atomic E-state index is 12.4. The van der Waals surface area contributed by atoms with E-state index in [1.165, 1.54) is 0 Å². The molecule has 3 N–H and O–H groups in total. The van der Waals surface area contributed by atoms with Crippen molar-refractivity contribution in [3.8, 4) is 0 Å². The Balaban J connectivity index is 2.01. The van der Waals surface area contributed by atoms with Gasteiger partial charge in [0.1, 0.15) is 0 Å². The predicted molar refractivity (Wildman–Crippen MR) is 102 cm³/mol. The fraction of sp³-hybridized carbons (Fsp3) is 0.300. The Labute approximate surface area is 148 Å². The topological polar surface area (TPSA) is 70.2 Å². The first kappa shape index (κ1) is 18.5. The Kier molecular flexibility index (Phi) is 6.57. The third-order valence-electron chi connectivity index (χ3n) is 3.99. The smallest absolute Gasteiger partial charge is 0.255 e. The fourth-order valence-corrected chi connectivity index (χ4v) is 2.28. The maximum absolute atomic E-state index is 12.4. The molecule has 0 radical (unpaired) electrons. The number of hydrogen-bond donors (Lipinski definition) is 3. The van der Waals surface area contributed by atoms with Gasteiger partial charge in [-0.15, -0.1) is 0 Å². The first-order valence-corrected chi connectivity index (χ1v) is 8.50. The molecule has 0 bridgehead atoms. The van der Waals surface area contributed by atoms with Crippen molar-refractivity contribution in [2.75, 3.05) is 17.2 Å². The summed E-state index contributed by atoms with van der Waals surface area (Å²) in [6.07, 6.45) is 0.889. The molecule has 0 saturated heterocycles. The van der Waals surface area contributed by atoms with Crippen LogP contribution in [-0.2, 0) is 4.79 Å². The van der Waals surface area contributed by atoms with Gasteiger partial charge in [-0.25, -0.2) is 0 Å². The van der Waals surface area contributed by atoms with Crippen LogP contribution in [0.1, 0.15) is 36.2 Å². The molecule has 0 aliphatic heterocycles. The summed E-state index contributed by atoms with van der Waals surface area (Å²) in [5, 5.41) is 8.88. The summed E-state index contributed by atoms with van der Waals surface area (Å²) in [5.74, 6) is -0.244. The number of amides is 2. The molecule has 0 heterocycles. The number of rotatable bonds is 7. The number of benzene rings is 2. The minimum atomic E-state index is -0.182. The van der Waals surface area contributed by atoms with E-state index in [1.807, 2.05) is 57.2 Å². The fourth-order valence-electron chi connectivity index (χ4n) is 2.28. The molecule has 1 atom stereocenters. The highest BCUT2D eigenvalue weighted by atomic mass is 16.2. The molecule has 2 amide bonds. The van der Waals surface area contributed by atoms with E-state index >= 15 is 0 Å². The van der Waals surface area contributed by atoms with Gasteiger partial charge in [0.25, 0.3) is 5.91 Å². The van der Waals surface area contributed by atoms with E-state index in [0.29, 0.717) is 5.56 Å². The molecule has 2 aromatic carbocycles. The zero-order valence-electron chi connectivity index (χ0n) is 14.9. The van der Waals surface area contributed by atoms with Crippen LogP contribution in [-0.4, -0.2) is 24.4 Å². The van der Waals surface area contributed by atoms with Crippen molar-refractivity contribution in [1.29, 1.82) is 0 Å². The molecule has 5 nitrogen and oxygen atoms in total. The summed E-state index contributed by atoms with van der Waals surface area (Å²) in [6, 6.07) is 14.9. The number of para-hydroxylation sites is 1. The maximum Gasteiger partial charge on any atom is 0.255 e. The van der Waals surface area contributed by atoms with Crippen LogP contribution in [0.4, 0.5) is 11.4 Å². The molecular formula is C20H25N3O2. The SMILES string of the molecule is CC[C@@H](C)NC(=O)CNc1cc(C(=O)Nc2ccccc2)ccc1C. The van der Waals surface area contributed by atoms with E-state index in [9.17, 15) is 9.59 Å². The molecule has 0 unspecified atom stereocenters. The molecule has 2 rings (SSSR count). The van der Waals surface area contributed by atoms with Crippen molar-refractivity contribution in [3.05, 3.63) is 59.7 Å². The highest BCUT2D eigenvalue weighted by Crippen LogP contribution is 2.18. The van der Waals surface area contributed by atoms with E-state index < -0.39 is 0 Å². The Morgan fingerprint density at radius 2 is 1.80 bits per heavy atom. The molecule has 0 fully saturated rings. The lowest BCUT2D eigenvalue weighted by molar-refractivity contribution is -0.120. The van der Waals surface area contributed by atoms with Crippen molar-refractivity contribution in [2.24, 2.45) is 0 Å². The Bertz CT molecular complexity index is 729. The van der Waals surface area contributed by atoms with Crippen molar-refractivity contribution in [1.82, 2.24) is 5.32 Å². The first-order chi connectivity index (χ1) is 12.0. The van der Waals surface area contributed by atoms with Gasteiger partial charge in [0.05, 0.1) is 6.54 Å². The number of nitrogens with one attached hydrogen (secondary N) is 3. The van der Waals surface area contributed by atoms with Gasteiger partial charge in [0.15, 0.2) is 0 Å². The summed E-state index contributed by atoms with van der Waals surface area (Å²) in [5.41, 5.74) is 3.04. The van der Waals surface area contributed by atoms with E-state index in [2.05, 4.69) is 16.0 Å². The lowest BCUT2D eigenvalue weighted by Gasteiger charge is -2.14. The largest absolute Gasteiger partial charge is 0.376 e. The normalized spacial score (nSPS) is 11.5. The number of anilines is 2. The van der Waals surface area contributed by atoms with Gasteiger partial charge in [-0.1, -0.05) is 31.2 Å². The molecule has 0 aliphatic rings. The van der Waals surface area contributed by atoms with Crippen LogP contribution in [0.3, 0.4) is 0 Å². The summed E-state index contributed by atoms with van der Waals surface area (Å²) < 4.78 is 0. The predicted octanol–water partition coefficient (Wildman–Crippen LogP) is 3.57. The molecule has 132 valence electrons. The summed E-state index contributed by atoms with van der Waals surface area (Å²) in [4.78, 5) is 24.3. The Morgan fingerprint density at radius 3 is 2.48 bits per heavy atom. The molecule has 2 aromatic rings. The van der Waals surface area contributed by atoms with Crippen LogP contribution in [0.25, 0.3) is 0 Å².